The molecule has 0 unspecified atom stereocenters. The zero-order valence-corrected chi connectivity index (χ0v) is 10.3. The number of benzene rings is 1. The highest BCUT2D eigenvalue weighted by Gasteiger charge is 1.96. The van der Waals surface area contributed by atoms with Crippen molar-refractivity contribution in [1.82, 2.24) is 10.3 Å². The van der Waals surface area contributed by atoms with Gasteiger partial charge < -0.3 is 16.4 Å². The standard InChI is InChI=1S/C14H18N4/c15-13-6-1-2-7-14(13)18-10-9-16-11-12-5-3-4-8-17-12/h1-8,16,18H,9-11,15H2. The fraction of sp³-hybridized carbons (Fsp3) is 0.214. The molecule has 0 amide bonds. The smallest absolute Gasteiger partial charge is 0.0574 e. The van der Waals surface area contributed by atoms with E-state index >= 15 is 0 Å². The molecule has 0 saturated carbocycles. The predicted octanol–water partition coefficient (Wildman–Crippen LogP) is 1.87. The molecule has 1 aromatic carbocycles. The number of aromatic nitrogens is 1. The van der Waals surface area contributed by atoms with E-state index in [1.54, 1.807) is 6.20 Å². The lowest BCUT2D eigenvalue weighted by Crippen LogP contribution is -2.22. The van der Waals surface area contributed by atoms with Gasteiger partial charge in [-0.3, -0.25) is 4.98 Å². The molecule has 0 fully saturated rings. The second kappa shape index (κ2) is 6.61. The third-order valence-electron chi connectivity index (χ3n) is 2.61. The first-order valence-corrected chi connectivity index (χ1v) is 6.05. The van der Waals surface area contributed by atoms with Gasteiger partial charge in [-0.05, 0) is 24.3 Å². The summed E-state index contributed by atoms with van der Waals surface area (Å²) in [5, 5.41) is 6.62. The van der Waals surface area contributed by atoms with Gasteiger partial charge in [0.1, 0.15) is 0 Å². The molecule has 94 valence electrons. The van der Waals surface area contributed by atoms with Crippen LogP contribution in [0.15, 0.2) is 48.7 Å². The molecular weight excluding hydrogens is 224 g/mol. The molecule has 0 bridgehead atoms. The first-order valence-electron chi connectivity index (χ1n) is 6.05. The van der Waals surface area contributed by atoms with Crippen LogP contribution in [0.3, 0.4) is 0 Å². The van der Waals surface area contributed by atoms with Gasteiger partial charge in [-0.15, -0.1) is 0 Å². The summed E-state index contributed by atoms with van der Waals surface area (Å²) in [5.41, 5.74) is 8.65. The van der Waals surface area contributed by atoms with Crippen molar-refractivity contribution in [2.45, 2.75) is 6.54 Å². The molecule has 2 rings (SSSR count). The van der Waals surface area contributed by atoms with Crippen molar-refractivity contribution in [2.75, 3.05) is 24.1 Å². The second-order valence-corrected chi connectivity index (χ2v) is 4.01. The Balaban J connectivity index is 1.66. The van der Waals surface area contributed by atoms with Gasteiger partial charge in [0, 0.05) is 25.8 Å². The Morgan fingerprint density at radius 2 is 1.83 bits per heavy atom. The molecule has 0 radical (unpaired) electrons. The van der Waals surface area contributed by atoms with Gasteiger partial charge in [0.25, 0.3) is 0 Å². The number of hydrogen-bond acceptors (Lipinski definition) is 4. The zero-order chi connectivity index (χ0) is 12.6. The molecule has 0 atom stereocenters. The number of anilines is 2. The van der Waals surface area contributed by atoms with E-state index in [4.69, 9.17) is 5.73 Å². The molecule has 0 aliphatic heterocycles. The Morgan fingerprint density at radius 1 is 1.00 bits per heavy atom. The van der Waals surface area contributed by atoms with Gasteiger partial charge >= 0.3 is 0 Å². The molecule has 4 heteroatoms. The largest absolute Gasteiger partial charge is 0.397 e. The SMILES string of the molecule is Nc1ccccc1NCCNCc1ccccn1. The highest BCUT2D eigenvalue weighted by atomic mass is 15.0. The summed E-state index contributed by atoms with van der Waals surface area (Å²) in [6, 6.07) is 13.7. The molecule has 0 saturated heterocycles. The Labute approximate surface area is 107 Å². The monoisotopic (exact) mass is 242 g/mol. The first kappa shape index (κ1) is 12.4. The van der Waals surface area contributed by atoms with Crippen molar-refractivity contribution in [3.63, 3.8) is 0 Å². The summed E-state index contributed by atoms with van der Waals surface area (Å²) in [6.45, 7) is 2.48. The third kappa shape index (κ3) is 3.75. The topological polar surface area (TPSA) is 63.0 Å². The summed E-state index contributed by atoms with van der Waals surface area (Å²) in [6.07, 6.45) is 1.81. The average Bonchev–Trinajstić information content (AvgIpc) is 2.42. The zero-order valence-electron chi connectivity index (χ0n) is 10.3. The first-order chi connectivity index (χ1) is 8.86. The number of nitrogens with zero attached hydrogens (tertiary/aromatic N) is 1. The van der Waals surface area contributed by atoms with Crippen LogP contribution in [0.4, 0.5) is 11.4 Å². The number of nitrogens with two attached hydrogens (primary N) is 1. The van der Waals surface area contributed by atoms with Crippen LogP contribution in [0, 0.1) is 0 Å². The number of nitrogens with one attached hydrogen (secondary N) is 2. The van der Waals surface area contributed by atoms with Crippen molar-refractivity contribution in [1.29, 1.82) is 0 Å². The number of nitrogen functional groups attached to an aromatic ring is 1. The molecule has 0 aliphatic rings. The molecule has 0 spiro atoms. The van der Waals surface area contributed by atoms with Gasteiger partial charge in [-0.2, -0.15) is 0 Å². The van der Waals surface area contributed by atoms with E-state index in [-0.39, 0.29) is 0 Å². The Morgan fingerprint density at radius 3 is 2.61 bits per heavy atom. The van der Waals surface area contributed by atoms with Crippen LogP contribution in [0.1, 0.15) is 5.69 Å². The summed E-state index contributed by atoms with van der Waals surface area (Å²) in [5.74, 6) is 0. The highest BCUT2D eigenvalue weighted by Crippen LogP contribution is 2.15. The lowest BCUT2D eigenvalue weighted by molar-refractivity contribution is 0.693. The Bertz CT molecular complexity index is 470. The summed E-state index contributed by atoms with van der Waals surface area (Å²) < 4.78 is 0. The maximum atomic E-state index is 5.83. The van der Waals surface area contributed by atoms with Crippen LogP contribution in [0.25, 0.3) is 0 Å². The van der Waals surface area contributed by atoms with Gasteiger partial charge in [0.2, 0.25) is 0 Å². The maximum Gasteiger partial charge on any atom is 0.0574 e. The average molecular weight is 242 g/mol. The minimum Gasteiger partial charge on any atom is -0.397 e. The summed E-state index contributed by atoms with van der Waals surface area (Å²) in [7, 11) is 0. The van der Waals surface area contributed by atoms with Crippen LogP contribution in [0.5, 0.6) is 0 Å². The lowest BCUT2D eigenvalue weighted by atomic mass is 10.3. The van der Waals surface area contributed by atoms with E-state index in [0.29, 0.717) is 0 Å². The molecule has 4 N–H and O–H groups in total. The quantitative estimate of drug-likeness (QED) is 0.534. The van der Waals surface area contributed by atoms with Gasteiger partial charge in [-0.1, -0.05) is 18.2 Å². The molecule has 18 heavy (non-hydrogen) atoms. The number of para-hydroxylation sites is 2. The fourth-order valence-corrected chi connectivity index (χ4v) is 1.66. The van der Waals surface area contributed by atoms with Crippen LogP contribution in [-0.2, 0) is 6.54 Å². The highest BCUT2D eigenvalue weighted by molar-refractivity contribution is 5.65. The summed E-state index contributed by atoms with van der Waals surface area (Å²) in [4.78, 5) is 4.25. The lowest BCUT2D eigenvalue weighted by Gasteiger charge is -2.09. The van der Waals surface area contributed by atoms with Crippen molar-refractivity contribution in [3.8, 4) is 0 Å². The molecule has 0 aliphatic carbocycles. The molecule has 4 nitrogen and oxygen atoms in total. The number of rotatable bonds is 6. The predicted molar refractivity (Wildman–Crippen MR) is 75.3 cm³/mol. The Kier molecular flexibility index (Phi) is 4.55. The number of hydrogen-bond donors (Lipinski definition) is 3. The maximum absolute atomic E-state index is 5.83. The second-order valence-electron chi connectivity index (χ2n) is 4.01. The molecule has 1 heterocycles. The summed E-state index contributed by atoms with van der Waals surface area (Å²) >= 11 is 0. The normalized spacial score (nSPS) is 10.2. The van der Waals surface area contributed by atoms with E-state index < -0.39 is 0 Å². The van der Waals surface area contributed by atoms with Crippen molar-refractivity contribution in [2.24, 2.45) is 0 Å². The van der Waals surface area contributed by atoms with Crippen LogP contribution < -0.4 is 16.4 Å². The minimum atomic E-state index is 0.780. The molecule has 2 aromatic rings. The van der Waals surface area contributed by atoms with E-state index in [2.05, 4.69) is 15.6 Å². The molecule has 1 aromatic heterocycles. The van der Waals surface area contributed by atoms with Gasteiger partial charge in [-0.25, -0.2) is 0 Å². The van der Waals surface area contributed by atoms with E-state index in [9.17, 15) is 0 Å². The number of pyridine rings is 1. The fourth-order valence-electron chi connectivity index (χ4n) is 1.66. The van der Waals surface area contributed by atoms with Crippen LogP contribution >= 0.6 is 0 Å². The van der Waals surface area contributed by atoms with E-state index in [1.165, 1.54) is 0 Å². The molecular formula is C14H18N4. The van der Waals surface area contributed by atoms with E-state index in [0.717, 1.165) is 36.7 Å². The van der Waals surface area contributed by atoms with Crippen molar-refractivity contribution in [3.05, 3.63) is 54.4 Å². The van der Waals surface area contributed by atoms with Gasteiger partial charge in [0.05, 0.1) is 17.1 Å². The van der Waals surface area contributed by atoms with Gasteiger partial charge in [0.15, 0.2) is 0 Å². The minimum absolute atomic E-state index is 0.780. The third-order valence-corrected chi connectivity index (χ3v) is 2.61. The van der Waals surface area contributed by atoms with E-state index in [1.807, 2.05) is 42.5 Å². The van der Waals surface area contributed by atoms with Crippen LogP contribution in [-0.4, -0.2) is 18.1 Å². The van der Waals surface area contributed by atoms with Crippen LogP contribution in [0.2, 0.25) is 0 Å². The van der Waals surface area contributed by atoms with Crippen molar-refractivity contribution >= 4 is 11.4 Å². The Hall–Kier alpha value is -2.07. The van der Waals surface area contributed by atoms with Crippen molar-refractivity contribution < 1.29 is 0 Å².